The number of anilines is 1. The third-order valence-corrected chi connectivity index (χ3v) is 8.41. The molecule has 4 nitrogen and oxygen atoms in total. The number of fused-ring (bicyclic) bond motifs is 5. The van der Waals surface area contributed by atoms with Gasteiger partial charge in [-0.1, -0.05) is 18.2 Å². The summed E-state index contributed by atoms with van der Waals surface area (Å²) < 4.78 is 16.6. The Hall–Kier alpha value is -3.38. The molecule has 2 aromatic heterocycles. The highest BCUT2D eigenvalue weighted by molar-refractivity contribution is 7.15. The number of urea groups is 1. The standard InChI is InChI=1S/C29H28FN3OS/c1-18-13-19(2)15-22(14-18)31-29(34)33-17-24-23-9-3-4-11-26(23)35-28(24)32-12-6-10-25(32)27(33)20-7-5-8-21(30)16-20/h5-8,10,12-16,27H,3-4,9,11,17H2,1-2H3,(H,31,34)/t27-/m0/s1. The van der Waals surface area contributed by atoms with Crippen molar-refractivity contribution in [1.29, 1.82) is 0 Å². The van der Waals surface area contributed by atoms with Crippen molar-refractivity contribution >= 4 is 23.1 Å². The van der Waals surface area contributed by atoms with Crippen LogP contribution in [0.1, 0.15) is 57.3 Å². The lowest BCUT2D eigenvalue weighted by Gasteiger charge is -2.31. The summed E-state index contributed by atoms with van der Waals surface area (Å²) in [5, 5.41) is 4.34. The minimum Gasteiger partial charge on any atom is -0.310 e. The highest BCUT2D eigenvalue weighted by Crippen LogP contribution is 2.44. The van der Waals surface area contributed by atoms with E-state index in [1.807, 2.05) is 54.3 Å². The van der Waals surface area contributed by atoms with Gasteiger partial charge in [0.1, 0.15) is 10.8 Å². The molecule has 6 rings (SSSR count). The maximum Gasteiger partial charge on any atom is 0.322 e. The lowest BCUT2D eigenvalue weighted by Crippen LogP contribution is -2.38. The normalized spacial score (nSPS) is 16.8. The molecule has 0 radical (unpaired) electrons. The number of aryl methyl sites for hydroxylation is 3. The van der Waals surface area contributed by atoms with Crippen molar-refractivity contribution in [2.75, 3.05) is 5.32 Å². The molecule has 178 valence electrons. The molecule has 35 heavy (non-hydrogen) atoms. The molecule has 0 spiro atoms. The Balaban J connectivity index is 1.50. The van der Waals surface area contributed by atoms with Gasteiger partial charge in [0.05, 0.1) is 18.3 Å². The SMILES string of the molecule is Cc1cc(C)cc(NC(=O)N2Cc3c(sc4c3CCCC4)-n3cccc3[C@@H]2c2cccc(F)c2)c1. The Labute approximate surface area is 209 Å². The van der Waals surface area contributed by atoms with E-state index in [0.717, 1.165) is 40.9 Å². The third kappa shape index (κ3) is 3.96. The van der Waals surface area contributed by atoms with Gasteiger partial charge in [-0.25, -0.2) is 9.18 Å². The van der Waals surface area contributed by atoms with Crippen LogP contribution in [-0.4, -0.2) is 15.5 Å². The number of amides is 2. The summed E-state index contributed by atoms with van der Waals surface area (Å²) >= 11 is 1.85. The summed E-state index contributed by atoms with van der Waals surface area (Å²) in [7, 11) is 0. The van der Waals surface area contributed by atoms with E-state index in [1.165, 1.54) is 39.9 Å². The zero-order valence-corrected chi connectivity index (χ0v) is 20.8. The highest BCUT2D eigenvalue weighted by Gasteiger charge is 2.36. The van der Waals surface area contributed by atoms with Gasteiger partial charge in [0.2, 0.25) is 0 Å². The minimum absolute atomic E-state index is 0.180. The molecule has 1 aliphatic carbocycles. The second-order valence-corrected chi connectivity index (χ2v) is 10.8. The van der Waals surface area contributed by atoms with E-state index < -0.39 is 6.04 Å². The maximum atomic E-state index is 14.4. The summed E-state index contributed by atoms with van der Waals surface area (Å²) in [5.74, 6) is -0.299. The molecule has 1 N–H and O–H groups in total. The zero-order chi connectivity index (χ0) is 24.1. The summed E-state index contributed by atoms with van der Waals surface area (Å²) in [4.78, 5) is 17.3. The van der Waals surface area contributed by atoms with Crippen LogP contribution in [-0.2, 0) is 19.4 Å². The highest BCUT2D eigenvalue weighted by atomic mass is 32.1. The van der Waals surface area contributed by atoms with Crippen LogP contribution >= 0.6 is 11.3 Å². The maximum absolute atomic E-state index is 14.4. The molecule has 0 saturated carbocycles. The average Bonchev–Trinajstić information content (AvgIpc) is 3.40. The van der Waals surface area contributed by atoms with Gasteiger partial charge in [0, 0.05) is 22.3 Å². The van der Waals surface area contributed by atoms with Gasteiger partial charge >= 0.3 is 6.03 Å². The number of benzene rings is 2. The largest absolute Gasteiger partial charge is 0.322 e. The Bertz CT molecular complexity index is 1420. The average molecular weight is 486 g/mol. The van der Waals surface area contributed by atoms with Crippen LogP contribution in [0.2, 0.25) is 0 Å². The van der Waals surface area contributed by atoms with Gasteiger partial charge in [-0.15, -0.1) is 11.3 Å². The first-order valence-corrected chi connectivity index (χ1v) is 13.0. The van der Waals surface area contributed by atoms with Gasteiger partial charge in [-0.05, 0) is 98.2 Å². The number of rotatable bonds is 2. The number of carbonyl (C=O) groups excluding carboxylic acids is 1. The topological polar surface area (TPSA) is 37.3 Å². The molecular weight excluding hydrogens is 457 g/mol. The lowest BCUT2D eigenvalue weighted by molar-refractivity contribution is 0.194. The fraction of sp³-hybridized carbons (Fsp3) is 0.276. The second-order valence-electron chi connectivity index (χ2n) is 9.69. The minimum atomic E-state index is -0.412. The quantitative estimate of drug-likeness (QED) is 0.318. The number of thiophene rings is 1. The van der Waals surface area contributed by atoms with Gasteiger partial charge in [0.15, 0.2) is 0 Å². The van der Waals surface area contributed by atoms with Crippen molar-refractivity contribution < 1.29 is 9.18 Å². The summed E-state index contributed by atoms with van der Waals surface area (Å²) in [6, 6.07) is 16.2. The van der Waals surface area contributed by atoms with Crippen LogP contribution in [0.25, 0.3) is 5.00 Å². The molecule has 0 fully saturated rings. The van der Waals surface area contributed by atoms with Gasteiger partial charge < -0.3 is 14.8 Å². The molecule has 0 saturated heterocycles. The molecule has 4 aromatic rings. The van der Waals surface area contributed by atoms with E-state index in [-0.39, 0.29) is 11.8 Å². The Morgan fingerprint density at radius 3 is 2.60 bits per heavy atom. The van der Waals surface area contributed by atoms with E-state index >= 15 is 0 Å². The van der Waals surface area contributed by atoms with E-state index in [1.54, 1.807) is 12.1 Å². The Morgan fingerprint density at radius 2 is 1.80 bits per heavy atom. The first kappa shape index (κ1) is 22.1. The monoisotopic (exact) mass is 485 g/mol. The predicted molar refractivity (Wildman–Crippen MR) is 139 cm³/mol. The van der Waals surface area contributed by atoms with Crippen molar-refractivity contribution in [3.63, 3.8) is 0 Å². The smallest absolute Gasteiger partial charge is 0.310 e. The first-order chi connectivity index (χ1) is 17.0. The van der Waals surface area contributed by atoms with Crippen molar-refractivity contribution in [3.8, 4) is 5.00 Å². The molecule has 1 aliphatic heterocycles. The van der Waals surface area contributed by atoms with Gasteiger partial charge in [-0.3, -0.25) is 0 Å². The summed E-state index contributed by atoms with van der Waals surface area (Å²) in [6.45, 7) is 4.54. The number of nitrogens with one attached hydrogen (secondary N) is 1. The first-order valence-electron chi connectivity index (χ1n) is 12.2. The van der Waals surface area contributed by atoms with Gasteiger partial charge in [0.25, 0.3) is 0 Å². The fourth-order valence-corrected chi connectivity index (χ4v) is 7.06. The van der Waals surface area contributed by atoms with Gasteiger partial charge in [-0.2, -0.15) is 0 Å². The van der Waals surface area contributed by atoms with E-state index in [0.29, 0.717) is 6.54 Å². The van der Waals surface area contributed by atoms with Crippen LogP contribution < -0.4 is 5.32 Å². The van der Waals surface area contributed by atoms with Crippen molar-refractivity contribution in [3.05, 3.63) is 105 Å². The molecule has 3 heterocycles. The molecular formula is C29H28FN3OS. The predicted octanol–water partition coefficient (Wildman–Crippen LogP) is 7.31. The molecule has 6 heteroatoms. The van der Waals surface area contributed by atoms with E-state index in [4.69, 9.17) is 0 Å². The van der Waals surface area contributed by atoms with Crippen LogP contribution in [0.3, 0.4) is 0 Å². The molecule has 0 bridgehead atoms. The van der Waals surface area contributed by atoms with Crippen LogP contribution in [0, 0.1) is 19.7 Å². The number of hydrogen-bond donors (Lipinski definition) is 1. The summed E-state index contributed by atoms with van der Waals surface area (Å²) in [6.07, 6.45) is 6.62. The number of hydrogen-bond acceptors (Lipinski definition) is 2. The second kappa shape index (κ2) is 8.68. The van der Waals surface area contributed by atoms with Crippen molar-refractivity contribution in [1.82, 2.24) is 9.47 Å². The molecule has 0 unspecified atom stereocenters. The van der Waals surface area contributed by atoms with Crippen molar-refractivity contribution in [2.45, 2.75) is 52.1 Å². The number of aromatic nitrogens is 1. The molecule has 2 aromatic carbocycles. The van der Waals surface area contributed by atoms with E-state index in [9.17, 15) is 9.18 Å². The molecule has 1 atom stereocenters. The molecule has 2 aliphatic rings. The lowest BCUT2D eigenvalue weighted by atomic mass is 9.95. The van der Waals surface area contributed by atoms with Crippen LogP contribution in [0.5, 0.6) is 0 Å². The van der Waals surface area contributed by atoms with Crippen molar-refractivity contribution in [2.24, 2.45) is 0 Å². The molecule has 2 amide bonds. The van der Waals surface area contributed by atoms with Crippen LogP contribution in [0.4, 0.5) is 14.9 Å². The fourth-order valence-electron chi connectivity index (χ4n) is 5.66. The van der Waals surface area contributed by atoms with E-state index in [2.05, 4.69) is 28.2 Å². The summed E-state index contributed by atoms with van der Waals surface area (Å²) in [5.41, 5.74) is 7.35. The third-order valence-electron chi connectivity index (χ3n) is 7.08. The Kier molecular flexibility index (Phi) is 5.49. The Morgan fingerprint density at radius 1 is 1.00 bits per heavy atom. The number of halogens is 1. The van der Waals surface area contributed by atoms with Crippen LogP contribution in [0.15, 0.2) is 60.8 Å². The zero-order valence-electron chi connectivity index (χ0n) is 20.0. The number of nitrogens with zero attached hydrogens (tertiary/aromatic N) is 2. The number of carbonyl (C=O) groups is 1.